The molecule has 1 aliphatic rings. The van der Waals surface area contributed by atoms with Crippen molar-refractivity contribution in [1.29, 1.82) is 0 Å². The normalized spacial score (nSPS) is 16.4. The van der Waals surface area contributed by atoms with E-state index in [-0.39, 0.29) is 11.9 Å². The Bertz CT molecular complexity index is 752. The molecule has 2 heterocycles. The van der Waals surface area contributed by atoms with E-state index >= 15 is 0 Å². The van der Waals surface area contributed by atoms with Crippen molar-refractivity contribution in [3.05, 3.63) is 53.9 Å². The average Bonchev–Trinajstić information content (AvgIpc) is 3.16. The molecular weight excluding hydrogens is 342 g/mol. The third-order valence-electron chi connectivity index (χ3n) is 4.69. The van der Waals surface area contributed by atoms with Crippen LogP contribution in [0, 0.1) is 0 Å². The number of rotatable bonds is 8. The quantitative estimate of drug-likeness (QED) is 0.775. The molecule has 1 atom stereocenters. The number of benzene rings is 1. The van der Waals surface area contributed by atoms with Crippen LogP contribution in [0.3, 0.4) is 0 Å². The van der Waals surface area contributed by atoms with E-state index in [0.717, 1.165) is 31.5 Å². The number of ether oxygens (including phenoxy) is 2. The second-order valence-corrected chi connectivity index (χ2v) is 6.60. The van der Waals surface area contributed by atoms with Crippen LogP contribution >= 0.6 is 0 Å². The Hall–Kier alpha value is -2.60. The molecule has 0 radical (unpaired) electrons. The van der Waals surface area contributed by atoms with Crippen LogP contribution in [-0.4, -0.2) is 48.6 Å². The van der Waals surface area contributed by atoms with Crippen LogP contribution in [0.25, 0.3) is 0 Å². The molecule has 1 amide bonds. The Balaban J connectivity index is 1.75. The number of aromatic nitrogens is 1. The zero-order chi connectivity index (χ0) is 19.1. The van der Waals surface area contributed by atoms with E-state index < -0.39 is 0 Å². The van der Waals surface area contributed by atoms with Crippen LogP contribution in [0.1, 0.15) is 35.7 Å². The minimum absolute atomic E-state index is 0.0486. The maximum atomic E-state index is 13.0. The fraction of sp³-hybridized carbons (Fsp3) is 0.429. The van der Waals surface area contributed by atoms with Crippen molar-refractivity contribution in [2.24, 2.45) is 0 Å². The molecule has 2 aromatic rings. The lowest BCUT2D eigenvalue weighted by Crippen LogP contribution is -2.40. The van der Waals surface area contributed by atoms with Crippen LogP contribution in [0.5, 0.6) is 11.5 Å². The summed E-state index contributed by atoms with van der Waals surface area (Å²) in [7, 11) is 1.92. The van der Waals surface area contributed by atoms with E-state index in [0.29, 0.717) is 30.3 Å². The van der Waals surface area contributed by atoms with Gasteiger partial charge < -0.3 is 19.7 Å². The van der Waals surface area contributed by atoms with E-state index in [1.54, 1.807) is 18.5 Å². The maximum absolute atomic E-state index is 13.0. The van der Waals surface area contributed by atoms with Crippen molar-refractivity contribution < 1.29 is 14.3 Å². The molecule has 144 valence electrons. The van der Waals surface area contributed by atoms with Gasteiger partial charge in [0.25, 0.3) is 5.91 Å². The van der Waals surface area contributed by atoms with Gasteiger partial charge in [-0.2, -0.15) is 0 Å². The first-order chi connectivity index (χ1) is 13.2. The predicted molar refractivity (Wildman–Crippen MR) is 104 cm³/mol. The van der Waals surface area contributed by atoms with E-state index in [2.05, 4.69) is 10.3 Å². The molecular formula is C21H27N3O3. The van der Waals surface area contributed by atoms with Crippen molar-refractivity contribution in [2.45, 2.75) is 32.4 Å². The topological polar surface area (TPSA) is 63.7 Å². The number of pyridine rings is 1. The smallest absolute Gasteiger partial charge is 0.254 e. The molecule has 1 fully saturated rings. The lowest BCUT2D eigenvalue weighted by atomic mass is 10.1. The summed E-state index contributed by atoms with van der Waals surface area (Å²) >= 11 is 0. The zero-order valence-corrected chi connectivity index (χ0v) is 16.0. The molecule has 6 heteroatoms. The molecule has 0 aliphatic carbocycles. The Kier molecular flexibility index (Phi) is 6.65. The molecule has 0 bridgehead atoms. The van der Waals surface area contributed by atoms with Gasteiger partial charge in [0, 0.05) is 42.7 Å². The Morgan fingerprint density at radius 1 is 1.30 bits per heavy atom. The number of likely N-dealkylation sites (tertiary alicyclic amines) is 1. The van der Waals surface area contributed by atoms with Gasteiger partial charge in [0.1, 0.15) is 6.61 Å². The molecule has 0 saturated carbocycles. The third-order valence-corrected chi connectivity index (χ3v) is 4.69. The monoisotopic (exact) mass is 369 g/mol. The minimum atomic E-state index is 0.0486. The first-order valence-electron chi connectivity index (χ1n) is 9.47. The van der Waals surface area contributed by atoms with Gasteiger partial charge in [-0.25, -0.2) is 0 Å². The van der Waals surface area contributed by atoms with E-state index in [9.17, 15) is 4.79 Å². The highest BCUT2D eigenvalue weighted by molar-refractivity contribution is 5.95. The second kappa shape index (κ2) is 9.37. The number of nitrogens with zero attached hydrogens (tertiary/aromatic N) is 2. The van der Waals surface area contributed by atoms with Crippen LogP contribution in [0.4, 0.5) is 0 Å². The summed E-state index contributed by atoms with van der Waals surface area (Å²) in [6.45, 7) is 4.44. The maximum Gasteiger partial charge on any atom is 0.254 e. The standard InChI is InChI=1S/C21H27N3O3/c1-3-26-20-12-17(21(25)24-11-5-7-18(24)14-22-2)8-9-19(20)27-15-16-6-4-10-23-13-16/h4,6,8-10,12-13,18,22H,3,5,7,11,14-15H2,1-2H3. The Morgan fingerprint density at radius 2 is 2.19 bits per heavy atom. The summed E-state index contributed by atoms with van der Waals surface area (Å²) in [5.41, 5.74) is 1.61. The third kappa shape index (κ3) is 4.77. The van der Waals surface area contributed by atoms with Crippen LogP contribution in [-0.2, 0) is 6.61 Å². The van der Waals surface area contributed by atoms with Gasteiger partial charge >= 0.3 is 0 Å². The summed E-state index contributed by atoms with van der Waals surface area (Å²) in [5.74, 6) is 1.27. The first kappa shape index (κ1) is 19.2. The van der Waals surface area contributed by atoms with Crippen molar-refractivity contribution in [3.8, 4) is 11.5 Å². The van der Waals surface area contributed by atoms with E-state index in [4.69, 9.17) is 9.47 Å². The van der Waals surface area contributed by atoms with Gasteiger partial charge in [-0.3, -0.25) is 9.78 Å². The summed E-state index contributed by atoms with van der Waals surface area (Å²) < 4.78 is 11.6. The molecule has 27 heavy (non-hydrogen) atoms. The van der Waals surface area contributed by atoms with Crippen molar-refractivity contribution >= 4 is 5.91 Å². The molecule has 3 rings (SSSR count). The average molecular weight is 369 g/mol. The predicted octanol–water partition coefficient (Wildman–Crippen LogP) is 2.88. The molecule has 1 saturated heterocycles. The molecule has 1 N–H and O–H groups in total. The molecule has 1 aromatic heterocycles. The highest BCUT2D eigenvalue weighted by atomic mass is 16.5. The number of carbonyl (C=O) groups is 1. The highest BCUT2D eigenvalue weighted by Crippen LogP contribution is 2.30. The number of carbonyl (C=O) groups excluding carboxylic acids is 1. The lowest BCUT2D eigenvalue weighted by Gasteiger charge is -2.25. The first-order valence-corrected chi connectivity index (χ1v) is 9.47. The zero-order valence-electron chi connectivity index (χ0n) is 16.0. The number of hydrogen-bond donors (Lipinski definition) is 1. The number of likely N-dealkylation sites (N-methyl/N-ethyl adjacent to an activating group) is 1. The van der Waals surface area contributed by atoms with Crippen LogP contribution < -0.4 is 14.8 Å². The minimum Gasteiger partial charge on any atom is -0.490 e. The Morgan fingerprint density at radius 3 is 2.93 bits per heavy atom. The fourth-order valence-electron chi connectivity index (χ4n) is 3.39. The van der Waals surface area contributed by atoms with Crippen LogP contribution in [0.2, 0.25) is 0 Å². The van der Waals surface area contributed by atoms with Crippen molar-refractivity contribution in [3.63, 3.8) is 0 Å². The molecule has 6 nitrogen and oxygen atoms in total. The van der Waals surface area contributed by atoms with E-state index in [1.165, 1.54) is 0 Å². The summed E-state index contributed by atoms with van der Waals surface area (Å²) in [5, 5.41) is 3.18. The molecule has 1 unspecified atom stereocenters. The van der Waals surface area contributed by atoms with Gasteiger partial charge in [0.05, 0.1) is 6.61 Å². The van der Waals surface area contributed by atoms with Gasteiger partial charge in [-0.15, -0.1) is 0 Å². The summed E-state index contributed by atoms with van der Waals surface area (Å²) in [6.07, 6.45) is 5.59. The van der Waals surface area contributed by atoms with Crippen molar-refractivity contribution in [1.82, 2.24) is 15.2 Å². The summed E-state index contributed by atoms with van der Waals surface area (Å²) in [6, 6.07) is 9.51. The molecule has 1 aliphatic heterocycles. The van der Waals surface area contributed by atoms with Gasteiger partial charge in [0.15, 0.2) is 11.5 Å². The largest absolute Gasteiger partial charge is 0.490 e. The van der Waals surface area contributed by atoms with Gasteiger partial charge in [-0.1, -0.05) is 6.07 Å². The second-order valence-electron chi connectivity index (χ2n) is 6.60. The molecule has 1 aromatic carbocycles. The number of amides is 1. The SMILES string of the molecule is CCOc1cc(C(=O)N2CCCC2CNC)ccc1OCc1cccnc1. The number of hydrogen-bond acceptors (Lipinski definition) is 5. The van der Waals surface area contributed by atoms with E-state index in [1.807, 2.05) is 43.1 Å². The fourth-order valence-corrected chi connectivity index (χ4v) is 3.39. The van der Waals surface area contributed by atoms with Crippen LogP contribution in [0.15, 0.2) is 42.7 Å². The van der Waals surface area contributed by atoms with Gasteiger partial charge in [-0.05, 0) is 51.1 Å². The van der Waals surface area contributed by atoms with Crippen molar-refractivity contribution in [2.75, 3.05) is 26.7 Å². The highest BCUT2D eigenvalue weighted by Gasteiger charge is 2.29. The lowest BCUT2D eigenvalue weighted by molar-refractivity contribution is 0.0736. The molecule has 0 spiro atoms. The summed E-state index contributed by atoms with van der Waals surface area (Å²) in [4.78, 5) is 19.0. The number of nitrogens with one attached hydrogen (secondary N) is 1. The van der Waals surface area contributed by atoms with Gasteiger partial charge in [0.2, 0.25) is 0 Å². The Labute approximate surface area is 160 Å².